The van der Waals surface area contributed by atoms with Crippen molar-refractivity contribution in [3.8, 4) is 5.75 Å². The van der Waals surface area contributed by atoms with Crippen molar-refractivity contribution in [2.45, 2.75) is 51.8 Å². The molecule has 0 bridgehead atoms. The number of ether oxygens (including phenoxy) is 1. The minimum absolute atomic E-state index is 0.0366. The van der Waals surface area contributed by atoms with Crippen molar-refractivity contribution in [3.63, 3.8) is 0 Å². The van der Waals surface area contributed by atoms with Gasteiger partial charge in [-0.25, -0.2) is 9.48 Å². The van der Waals surface area contributed by atoms with Crippen LogP contribution in [-0.4, -0.2) is 26.8 Å². The number of benzene rings is 2. The third-order valence-corrected chi connectivity index (χ3v) is 5.48. The molecule has 1 amide bonds. The summed E-state index contributed by atoms with van der Waals surface area (Å²) in [6.45, 7) is 1.70. The molecule has 0 fully saturated rings. The quantitative estimate of drug-likeness (QED) is 0.608. The third-order valence-electron chi connectivity index (χ3n) is 5.48. The number of fused-ring (bicyclic) bond motifs is 1. The first kappa shape index (κ1) is 20.9. The van der Waals surface area contributed by atoms with E-state index >= 15 is 0 Å². The van der Waals surface area contributed by atoms with Gasteiger partial charge in [-0.15, -0.1) is 0 Å². The maximum absolute atomic E-state index is 12.4. The van der Waals surface area contributed by atoms with Crippen molar-refractivity contribution >= 4 is 5.91 Å². The molecule has 0 atom stereocenters. The molecular formula is C24H28N4O3. The van der Waals surface area contributed by atoms with Gasteiger partial charge in [0.2, 0.25) is 5.91 Å². The Balaban J connectivity index is 1.22. The van der Waals surface area contributed by atoms with Crippen LogP contribution in [0.25, 0.3) is 0 Å². The number of carbonyl (C=O) groups excluding carboxylic acids is 1. The van der Waals surface area contributed by atoms with E-state index in [4.69, 9.17) is 4.74 Å². The SMILES string of the molecule is O=C(Cn1nc2n(c1=O)CCCCC2)NCCc1ccc(OCc2ccccc2)cc1. The molecule has 1 aliphatic rings. The van der Waals surface area contributed by atoms with E-state index < -0.39 is 0 Å². The number of aryl methyl sites for hydroxylation is 1. The lowest BCUT2D eigenvalue weighted by Gasteiger charge is -2.08. The van der Waals surface area contributed by atoms with Crippen LogP contribution in [0.2, 0.25) is 0 Å². The van der Waals surface area contributed by atoms with E-state index in [-0.39, 0.29) is 18.1 Å². The topological polar surface area (TPSA) is 78.2 Å². The summed E-state index contributed by atoms with van der Waals surface area (Å²) in [6.07, 6.45) is 4.65. The maximum Gasteiger partial charge on any atom is 0.346 e. The molecule has 7 nitrogen and oxygen atoms in total. The van der Waals surface area contributed by atoms with E-state index in [1.165, 1.54) is 4.68 Å². The molecule has 1 aromatic heterocycles. The zero-order valence-corrected chi connectivity index (χ0v) is 17.6. The van der Waals surface area contributed by atoms with Crippen molar-refractivity contribution in [1.82, 2.24) is 19.7 Å². The largest absolute Gasteiger partial charge is 0.489 e. The lowest BCUT2D eigenvalue weighted by atomic mass is 10.1. The first-order chi connectivity index (χ1) is 15.2. The van der Waals surface area contributed by atoms with Crippen LogP contribution < -0.4 is 15.7 Å². The Hall–Kier alpha value is -3.35. The van der Waals surface area contributed by atoms with Gasteiger partial charge in [0.25, 0.3) is 0 Å². The van der Waals surface area contributed by atoms with Gasteiger partial charge in [0.15, 0.2) is 0 Å². The van der Waals surface area contributed by atoms with Gasteiger partial charge in [-0.1, -0.05) is 48.9 Å². The molecule has 162 valence electrons. The summed E-state index contributed by atoms with van der Waals surface area (Å²) >= 11 is 0. The van der Waals surface area contributed by atoms with Crippen LogP contribution in [0, 0.1) is 0 Å². The maximum atomic E-state index is 12.4. The van der Waals surface area contributed by atoms with E-state index in [9.17, 15) is 9.59 Å². The van der Waals surface area contributed by atoms with E-state index in [0.29, 0.717) is 26.1 Å². The van der Waals surface area contributed by atoms with Crippen molar-refractivity contribution in [2.24, 2.45) is 0 Å². The van der Waals surface area contributed by atoms with Crippen LogP contribution in [0.5, 0.6) is 5.75 Å². The van der Waals surface area contributed by atoms with Crippen molar-refractivity contribution < 1.29 is 9.53 Å². The molecule has 1 aliphatic heterocycles. The Kier molecular flexibility index (Phi) is 6.82. The molecule has 2 heterocycles. The van der Waals surface area contributed by atoms with Crippen LogP contribution in [0.1, 0.15) is 36.2 Å². The zero-order valence-electron chi connectivity index (χ0n) is 17.6. The summed E-state index contributed by atoms with van der Waals surface area (Å²) in [5.41, 5.74) is 2.05. The number of hydrogen-bond donors (Lipinski definition) is 1. The van der Waals surface area contributed by atoms with Gasteiger partial charge >= 0.3 is 5.69 Å². The van der Waals surface area contributed by atoms with Crippen molar-refractivity contribution in [3.05, 3.63) is 82.0 Å². The highest BCUT2D eigenvalue weighted by Crippen LogP contribution is 2.14. The summed E-state index contributed by atoms with van der Waals surface area (Å²) in [7, 11) is 0. The molecule has 2 aromatic carbocycles. The van der Waals surface area contributed by atoms with Gasteiger partial charge in [-0.05, 0) is 42.5 Å². The van der Waals surface area contributed by atoms with E-state index in [0.717, 1.165) is 48.4 Å². The molecule has 0 saturated carbocycles. The molecule has 4 rings (SSSR count). The van der Waals surface area contributed by atoms with Crippen LogP contribution in [-0.2, 0) is 37.3 Å². The van der Waals surface area contributed by atoms with Crippen LogP contribution in [0.4, 0.5) is 0 Å². The van der Waals surface area contributed by atoms with Crippen molar-refractivity contribution in [2.75, 3.05) is 6.54 Å². The lowest BCUT2D eigenvalue weighted by molar-refractivity contribution is -0.121. The highest BCUT2D eigenvalue weighted by Gasteiger charge is 2.17. The number of amides is 1. The van der Waals surface area contributed by atoms with Gasteiger partial charge in [-0.2, -0.15) is 5.10 Å². The minimum Gasteiger partial charge on any atom is -0.489 e. The normalized spacial score (nSPS) is 13.3. The second kappa shape index (κ2) is 10.1. The second-order valence-corrected chi connectivity index (χ2v) is 7.84. The number of carbonyl (C=O) groups is 1. The Morgan fingerprint density at radius 2 is 1.81 bits per heavy atom. The summed E-state index contributed by atoms with van der Waals surface area (Å²) in [5.74, 6) is 1.42. The molecule has 7 heteroatoms. The Morgan fingerprint density at radius 3 is 2.61 bits per heavy atom. The van der Waals surface area contributed by atoms with Gasteiger partial charge in [0.05, 0.1) is 0 Å². The molecule has 0 radical (unpaired) electrons. The average molecular weight is 421 g/mol. The summed E-state index contributed by atoms with van der Waals surface area (Å²) in [6, 6.07) is 17.9. The molecule has 0 spiro atoms. The van der Waals surface area contributed by atoms with Crippen molar-refractivity contribution in [1.29, 1.82) is 0 Å². The molecular weight excluding hydrogens is 392 g/mol. The first-order valence-electron chi connectivity index (χ1n) is 10.9. The van der Waals surface area contributed by atoms with E-state index in [2.05, 4.69) is 10.4 Å². The number of rotatable bonds is 8. The molecule has 1 N–H and O–H groups in total. The van der Waals surface area contributed by atoms with E-state index in [1.807, 2.05) is 54.6 Å². The lowest BCUT2D eigenvalue weighted by Crippen LogP contribution is -2.34. The molecule has 3 aromatic rings. The highest BCUT2D eigenvalue weighted by atomic mass is 16.5. The summed E-state index contributed by atoms with van der Waals surface area (Å²) in [4.78, 5) is 24.7. The van der Waals surface area contributed by atoms with Crippen LogP contribution in [0.3, 0.4) is 0 Å². The van der Waals surface area contributed by atoms with Gasteiger partial charge < -0.3 is 10.1 Å². The summed E-state index contributed by atoms with van der Waals surface area (Å²) < 4.78 is 8.80. The molecule has 0 aliphatic carbocycles. The second-order valence-electron chi connectivity index (χ2n) is 7.84. The number of aromatic nitrogens is 3. The fraction of sp³-hybridized carbons (Fsp3) is 0.375. The monoisotopic (exact) mass is 420 g/mol. The van der Waals surface area contributed by atoms with Crippen LogP contribution in [0.15, 0.2) is 59.4 Å². The Bertz CT molecular complexity index is 1050. The predicted octanol–water partition coefficient (Wildman–Crippen LogP) is 2.71. The number of hydrogen-bond acceptors (Lipinski definition) is 4. The first-order valence-corrected chi connectivity index (χ1v) is 10.9. The third kappa shape index (κ3) is 5.63. The van der Waals surface area contributed by atoms with Crippen LogP contribution >= 0.6 is 0 Å². The smallest absolute Gasteiger partial charge is 0.346 e. The van der Waals surface area contributed by atoms with E-state index in [1.54, 1.807) is 4.57 Å². The Morgan fingerprint density at radius 1 is 1.00 bits per heavy atom. The predicted molar refractivity (Wildman–Crippen MR) is 118 cm³/mol. The minimum atomic E-state index is -0.196. The number of nitrogens with zero attached hydrogens (tertiary/aromatic N) is 3. The Labute approximate surface area is 181 Å². The van der Waals surface area contributed by atoms with Gasteiger partial charge in [0.1, 0.15) is 24.7 Å². The zero-order chi connectivity index (χ0) is 21.5. The fourth-order valence-electron chi connectivity index (χ4n) is 3.76. The molecule has 31 heavy (non-hydrogen) atoms. The summed E-state index contributed by atoms with van der Waals surface area (Å²) in [5, 5.41) is 7.24. The fourth-order valence-corrected chi connectivity index (χ4v) is 3.76. The highest BCUT2D eigenvalue weighted by molar-refractivity contribution is 5.75. The standard InChI is InChI=1S/C24H28N4O3/c29-23(17-28-24(30)27-16-6-2-5-9-22(27)26-28)25-15-14-19-10-12-21(13-11-19)31-18-20-7-3-1-4-8-20/h1,3-4,7-8,10-13H,2,5-6,9,14-18H2,(H,25,29). The van der Waals surface area contributed by atoms with Gasteiger partial charge in [-0.3, -0.25) is 9.36 Å². The molecule has 0 saturated heterocycles. The van der Waals surface area contributed by atoms with Gasteiger partial charge in [0, 0.05) is 19.5 Å². The average Bonchev–Trinajstić information content (AvgIpc) is 2.94. The molecule has 0 unspecified atom stereocenters. The number of nitrogens with one attached hydrogen (secondary N) is 1.